The van der Waals surface area contributed by atoms with Crippen molar-refractivity contribution in [3.8, 4) is 11.1 Å². The highest BCUT2D eigenvalue weighted by molar-refractivity contribution is 5.90. The second-order valence-electron chi connectivity index (χ2n) is 6.08. The van der Waals surface area contributed by atoms with Crippen molar-refractivity contribution >= 4 is 11.6 Å². The first-order chi connectivity index (χ1) is 10.9. The van der Waals surface area contributed by atoms with Crippen molar-refractivity contribution in [3.05, 3.63) is 53.0 Å². The lowest BCUT2D eigenvalue weighted by atomic mass is 10.0. The monoisotopic (exact) mass is 309 g/mol. The zero-order valence-corrected chi connectivity index (χ0v) is 13.7. The standard InChI is InChI=1S/C18H19N3O2/c1-10(2)16-14(18(22)23)9-19-17-15(12(4)20-21(16)17)13-7-5-6-11(3)8-13/h5-10H,1-4H3,(H,22,23). The lowest BCUT2D eigenvalue weighted by Crippen LogP contribution is -2.11. The predicted octanol–water partition coefficient (Wildman–Crippen LogP) is 3.83. The van der Waals surface area contributed by atoms with E-state index in [0.717, 1.165) is 22.4 Å². The molecule has 0 radical (unpaired) electrons. The molecule has 3 rings (SSSR count). The number of aromatic nitrogens is 3. The summed E-state index contributed by atoms with van der Waals surface area (Å²) in [6, 6.07) is 8.16. The van der Waals surface area contributed by atoms with Crippen molar-refractivity contribution in [2.75, 3.05) is 0 Å². The molecule has 5 nitrogen and oxygen atoms in total. The van der Waals surface area contributed by atoms with Crippen molar-refractivity contribution in [1.82, 2.24) is 14.6 Å². The Bertz CT molecular complexity index is 910. The van der Waals surface area contributed by atoms with Gasteiger partial charge in [0.1, 0.15) is 0 Å². The van der Waals surface area contributed by atoms with Gasteiger partial charge in [-0.25, -0.2) is 14.3 Å². The fraction of sp³-hybridized carbons (Fsp3) is 0.278. The molecule has 0 atom stereocenters. The first kappa shape index (κ1) is 15.2. The summed E-state index contributed by atoms with van der Waals surface area (Å²) in [5.41, 5.74) is 5.56. The predicted molar refractivity (Wildman–Crippen MR) is 88.9 cm³/mol. The largest absolute Gasteiger partial charge is 0.478 e. The minimum Gasteiger partial charge on any atom is -0.478 e. The van der Waals surface area contributed by atoms with Gasteiger partial charge in [0.2, 0.25) is 0 Å². The number of aromatic carboxylic acids is 1. The average Bonchev–Trinajstić information content (AvgIpc) is 2.81. The molecule has 5 heteroatoms. The molecule has 0 saturated carbocycles. The topological polar surface area (TPSA) is 67.5 Å². The van der Waals surface area contributed by atoms with E-state index in [2.05, 4.69) is 16.1 Å². The van der Waals surface area contributed by atoms with Crippen LogP contribution in [0.25, 0.3) is 16.8 Å². The highest BCUT2D eigenvalue weighted by Gasteiger charge is 2.22. The van der Waals surface area contributed by atoms with E-state index in [1.54, 1.807) is 4.52 Å². The van der Waals surface area contributed by atoms with Crippen LogP contribution in [0.5, 0.6) is 0 Å². The van der Waals surface area contributed by atoms with Crippen LogP contribution < -0.4 is 0 Å². The van der Waals surface area contributed by atoms with Gasteiger partial charge in [0, 0.05) is 11.8 Å². The molecule has 1 aromatic carbocycles. The molecule has 3 aromatic rings. The number of hydrogen-bond donors (Lipinski definition) is 1. The summed E-state index contributed by atoms with van der Waals surface area (Å²) in [5, 5.41) is 14.0. The maximum atomic E-state index is 11.5. The zero-order valence-electron chi connectivity index (χ0n) is 13.7. The van der Waals surface area contributed by atoms with Crippen molar-refractivity contribution in [2.24, 2.45) is 0 Å². The van der Waals surface area contributed by atoms with Crippen LogP contribution in [0.4, 0.5) is 0 Å². The van der Waals surface area contributed by atoms with Gasteiger partial charge in [-0.15, -0.1) is 0 Å². The van der Waals surface area contributed by atoms with E-state index in [0.29, 0.717) is 11.3 Å². The fourth-order valence-corrected chi connectivity index (χ4v) is 2.97. The summed E-state index contributed by atoms with van der Waals surface area (Å²) in [5.74, 6) is -0.954. The molecule has 0 aliphatic carbocycles. The number of carboxylic acid groups (broad SMARTS) is 1. The zero-order chi connectivity index (χ0) is 16.7. The van der Waals surface area contributed by atoms with Crippen molar-refractivity contribution in [1.29, 1.82) is 0 Å². The third kappa shape index (κ3) is 2.48. The van der Waals surface area contributed by atoms with Gasteiger partial charge >= 0.3 is 5.97 Å². The van der Waals surface area contributed by atoms with Gasteiger partial charge < -0.3 is 5.11 Å². The molecule has 0 spiro atoms. The Kier molecular flexibility index (Phi) is 3.64. The van der Waals surface area contributed by atoms with E-state index in [-0.39, 0.29) is 11.5 Å². The Morgan fingerprint density at radius 3 is 2.61 bits per heavy atom. The smallest absolute Gasteiger partial charge is 0.339 e. The van der Waals surface area contributed by atoms with Crippen molar-refractivity contribution < 1.29 is 9.90 Å². The van der Waals surface area contributed by atoms with Crippen LogP contribution in [0.1, 0.15) is 47.1 Å². The molecular formula is C18H19N3O2. The Balaban J connectivity index is 2.37. The molecule has 118 valence electrons. The van der Waals surface area contributed by atoms with Gasteiger partial charge in [-0.3, -0.25) is 0 Å². The highest BCUT2D eigenvalue weighted by Crippen LogP contribution is 2.30. The lowest BCUT2D eigenvalue weighted by Gasteiger charge is -2.11. The average molecular weight is 309 g/mol. The summed E-state index contributed by atoms with van der Waals surface area (Å²) in [6.07, 6.45) is 1.44. The number of fused-ring (bicyclic) bond motifs is 1. The number of nitrogens with zero attached hydrogens (tertiary/aromatic N) is 3. The van der Waals surface area contributed by atoms with Crippen LogP contribution in [-0.4, -0.2) is 25.7 Å². The molecule has 0 aliphatic heterocycles. The van der Waals surface area contributed by atoms with Crippen molar-refractivity contribution in [3.63, 3.8) is 0 Å². The molecule has 0 unspecified atom stereocenters. The molecule has 0 saturated heterocycles. The lowest BCUT2D eigenvalue weighted by molar-refractivity contribution is 0.0693. The fourth-order valence-electron chi connectivity index (χ4n) is 2.97. The molecule has 0 fully saturated rings. The molecule has 2 heterocycles. The van der Waals surface area contributed by atoms with E-state index in [4.69, 9.17) is 0 Å². The Hall–Kier alpha value is -2.69. The van der Waals surface area contributed by atoms with E-state index < -0.39 is 5.97 Å². The quantitative estimate of drug-likeness (QED) is 0.798. The molecule has 2 aromatic heterocycles. The van der Waals surface area contributed by atoms with E-state index in [1.807, 2.05) is 45.9 Å². The van der Waals surface area contributed by atoms with Gasteiger partial charge in [0.25, 0.3) is 0 Å². The Labute approximate surface area is 134 Å². The highest BCUT2D eigenvalue weighted by atomic mass is 16.4. The number of rotatable bonds is 3. The van der Waals surface area contributed by atoms with Gasteiger partial charge in [-0.05, 0) is 25.3 Å². The minimum absolute atomic E-state index is 0.0243. The normalized spacial score (nSPS) is 11.3. The first-order valence-corrected chi connectivity index (χ1v) is 7.58. The number of aryl methyl sites for hydroxylation is 2. The van der Waals surface area contributed by atoms with Crippen molar-refractivity contribution in [2.45, 2.75) is 33.6 Å². The summed E-state index contributed by atoms with van der Waals surface area (Å²) >= 11 is 0. The minimum atomic E-state index is -0.978. The first-order valence-electron chi connectivity index (χ1n) is 7.58. The Morgan fingerprint density at radius 2 is 2.00 bits per heavy atom. The number of hydrogen-bond acceptors (Lipinski definition) is 3. The molecule has 1 N–H and O–H groups in total. The van der Waals surface area contributed by atoms with E-state index >= 15 is 0 Å². The van der Waals surface area contributed by atoms with Crippen LogP contribution in [-0.2, 0) is 0 Å². The third-order valence-corrected chi connectivity index (χ3v) is 3.94. The Morgan fingerprint density at radius 1 is 1.26 bits per heavy atom. The molecule has 0 amide bonds. The maximum Gasteiger partial charge on any atom is 0.339 e. The molecule has 0 aliphatic rings. The van der Waals surface area contributed by atoms with Gasteiger partial charge in [0.15, 0.2) is 5.65 Å². The van der Waals surface area contributed by atoms with Crippen LogP contribution in [0.2, 0.25) is 0 Å². The second-order valence-corrected chi connectivity index (χ2v) is 6.08. The number of carboxylic acids is 1. The van der Waals surface area contributed by atoms with Crippen LogP contribution >= 0.6 is 0 Å². The molecular weight excluding hydrogens is 290 g/mol. The summed E-state index contributed by atoms with van der Waals surface area (Å²) in [7, 11) is 0. The SMILES string of the molecule is Cc1cccc(-c2c(C)nn3c(C(C)C)c(C(=O)O)cnc23)c1. The van der Waals surface area contributed by atoms with Gasteiger partial charge in [-0.2, -0.15) is 5.10 Å². The van der Waals surface area contributed by atoms with Crippen LogP contribution in [0.15, 0.2) is 30.5 Å². The second kappa shape index (κ2) is 5.50. The maximum absolute atomic E-state index is 11.5. The molecule has 0 bridgehead atoms. The van der Waals surface area contributed by atoms with E-state index in [1.165, 1.54) is 6.20 Å². The van der Waals surface area contributed by atoms with Gasteiger partial charge in [0.05, 0.1) is 17.0 Å². The van der Waals surface area contributed by atoms with Crippen LogP contribution in [0.3, 0.4) is 0 Å². The number of benzene rings is 1. The third-order valence-electron chi connectivity index (χ3n) is 3.94. The molecule has 23 heavy (non-hydrogen) atoms. The summed E-state index contributed by atoms with van der Waals surface area (Å²) < 4.78 is 1.68. The van der Waals surface area contributed by atoms with Gasteiger partial charge in [-0.1, -0.05) is 43.7 Å². The number of carbonyl (C=O) groups is 1. The summed E-state index contributed by atoms with van der Waals surface area (Å²) in [6.45, 7) is 7.89. The summed E-state index contributed by atoms with van der Waals surface area (Å²) in [4.78, 5) is 15.9. The van der Waals surface area contributed by atoms with Crippen LogP contribution in [0, 0.1) is 13.8 Å². The van der Waals surface area contributed by atoms with E-state index in [9.17, 15) is 9.90 Å².